The van der Waals surface area contributed by atoms with Crippen molar-refractivity contribution in [3.63, 3.8) is 0 Å². The van der Waals surface area contributed by atoms with E-state index in [9.17, 15) is 13.2 Å². The molecule has 1 aromatic carbocycles. The number of nitrogens with one attached hydrogen (secondary N) is 1. The van der Waals surface area contributed by atoms with E-state index in [1.54, 1.807) is 0 Å². The third-order valence-corrected chi connectivity index (χ3v) is 6.39. The highest BCUT2D eigenvalue weighted by molar-refractivity contribution is 7.91. The minimum absolute atomic E-state index is 0.0760. The number of hydrogen-bond donors (Lipinski definition) is 1. The molecule has 0 bridgehead atoms. The Morgan fingerprint density at radius 2 is 2.00 bits per heavy atom. The van der Waals surface area contributed by atoms with E-state index in [2.05, 4.69) is 17.1 Å². The average Bonchev–Trinajstić information content (AvgIpc) is 2.57. The number of nitrogens with zero attached hydrogens (tertiary/aromatic N) is 2. The summed E-state index contributed by atoms with van der Waals surface area (Å²) in [5.41, 5.74) is 1.77. The lowest BCUT2D eigenvalue weighted by atomic mass is 10.1. The Labute approximate surface area is 143 Å². The van der Waals surface area contributed by atoms with Crippen molar-refractivity contribution in [1.29, 1.82) is 0 Å². The first-order valence-corrected chi connectivity index (χ1v) is 10.3. The highest BCUT2D eigenvalue weighted by Gasteiger charge is 2.25. The normalized spacial score (nSPS) is 24.7. The zero-order chi connectivity index (χ0) is 17.2. The average molecular weight is 351 g/mol. The molecule has 2 aliphatic heterocycles. The standard InChI is InChI=1S/C17H25N3O3S/c1-14-12-18-5-6-20(14)17(21)16-4-2-3-15(11-16)13-19-7-9-24(22,23)10-8-19/h2-4,11,14,18H,5-10,12-13H2,1H3. The number of carbonyl (C=O) groups is 1. The summed E-state index contributed by atoms with van der Waals surface area (Å²) in [5, 5.41) is 3.29. The van der Waals surface area contributed by atoms with Crippen molar-refractivity contribution >= 4 is 15.7 Å². The van der Waals surface area contributed by atoms with Crippen LogP contribution in [-0.4, -0.2) is 74.4 Å². The van der Waals surface area contributed by atoms with Gasteiger partial charge in [0.25, 0.3) is 5.91 Å². The van der Waals surface area contributed by atoms with Gasteiger partial charge in [0.15, 0.2) is 9.84 Å². The fraction of sp³-hybridized carbons (Fsp3) is 0.588. The molecular weight excluding hydrogens is 326 g/mol. The molecule has 1 amide bonds. The molecule has 0 saturated carbocycles. The molecule has 2 saturated heterocycles. The second-order valence-corrected chi connectivity index (χ2v) is 8.98. The van der Waals surface area contributed by atoms with E-state index >= 15 is 0 Å². The third kappa shape index (κ3) is 4.15. The Balaban J connectivity index is 1.67. The molecule has 2 heterocycles. The molecule has 1 aromatic rings. The number of amides is 1. The highest BCUT2D eigenvalue weighted by Crippen LogP contribution is 2.15. The Bertz CT molecular complexity index is 691. The maximum atomic E-state index is 12.7. The predicted molar refractivity (Wildman–Crippen MR) is 93.7 cm³/mol. The summed E-state index contributed by atoms with van der Waals surface area (Å²) in [7, 11) is -2.86. The van der Waals surface area contributed by atoms with Crippen molar-refractivity contribution < 1.29 is 13.2 Å². The van der Waals surface area contributed by atoms with Gasteiger partial charge in [-0.2, -0.15) is 0 Å². The second kappa shape index (κ2) is 7.21. The van der Waals surface area contributed by atoms with E-state index in [1.165, 1.54) is 0 Å². The van der Waals surface area contributed by atoms with Gasteiger partial charge in [-0.15, -0.1) is 0 Å². The zero-order valence-corrected chi connectivity index (χ0v) is 14.9. The number of hydrogen-bond acceptors (Lipinski definition) is 5. The van der Waals surface area contributed by atoms with Crippen LogP contribution in [0.15, 0.2) is 24.3 Å². The molecule has 0 spiro atoms. The summed E-state index contributed by atoms with van der Waals surface area (Å²) in [4.78, 5) is 16.8. The summed E-state index contributed by atoms with van der Waals surface area (Å²) < 4.78 is 23.0. The number of rotatable bonds is 3. The van der Waals surface area contributed by atoms with Gasteiger partial charge in [0, 0.05) is 50.9 Å². The van der Waals surface area contributed by atoms with Crippen LogP contribution in [0.25, 0.3) is 0 Å². The zero-order valence-electron chi connectivity index (χ0n) is 14.1. The van der Waals surface area contributed by atoms with Crippen molar-refractivity contribution in [3.8, 4) is 0 Å². The molecule has 24 heavy (non-hydrogen) atoms. The fourth-order valence-corrected chi connectivity index (χ4v) is 4.55. The Morgan fingerprint density at radius 3 is 2.71 bits per heavy atom. The smallest absolute Gasteiger partial charge is 0.254 e. The number of benzene rings is 1. The SMILES string of the molecule is CC1CNCCN1C(=O)c1cccc(CN2CCS(=O)(=O)CC2)c1. The monoisotopic (exact) mass is 351 g/mol. The molecule has 1 atom stereocenters. The minimum atomic E-state index is -2.86. The van der Waals surface area contributed by atoms with Crippen LogP contribution in [-0.2, 0) is 16.4 Å². The first-order chi connectivity index (χ1) is 11.4. The third-order valence-electron chi connectivity index (χ3n) is 4.78. The first kappa shape index (κ1) is 17.4. The quantitative estimate of drug-likeness (QED) is 0.851. The van der Waals surface area contributed by atoms with Crippen LogP contribution < -0.4 is 5.32 Å². The summed E-state index contributed by atoms with van der Waals surface area (Å²) in [6.07, 6.45) is 0. The number of carbonyl (C=O) groups excluding carboxylic acids is 1. The maximum absolute atomic E-state index is 12.7. The van der Waals surface area contributed by atoms with Crippen LogP contribution in [0.5, 0.6) is 0 Å². The number of sulfone groups is 1. The molecule has 0 radical (unpaired) electrons. The second-order valence-electron chi connectivity index (χ2n) is 6.68. The molecule has 132 valence electrons. The molecule has 3 rings (SSSR count). The Kier molecular flexibility index (Phi) is 5.22. The van der Waals surface area contributed by atoms with Gasteiger partial charge in [-0.25, -0.2) is 8.42 Å². The molecule has 2 aliphatic rings. The minimum Gasteiger partial charge on any atom is -0.333 e. The van der Waals surface area contributed by atoms with E-state index in [4.69, 9.17) is 0 Å². The fourth-order valence-electron chi connectivity index (χ4n) is 3.28. The van der Waals surface area contributed by atoms with Crippen molar-refractivity contribution in [2.45, 2.75) is 19.5 Å². The topological polar surface area (TPSA) is 69.7 Å². The van der Waals surface area contributed by atoms with Gasteiger partial charge in [0.05, 0.1) is 11.5 Å². The predicted octanol–water partition coefficient (Wildman–Crippen LogP) is 0.351. The molecule has 2 fully saturated rings. The van der Waals surface area contributed by atoms with Gasteiger partial charge in [-0.1, -0.05) is 12.1 Å². The van der Waals surface area contributed by atoms with Crippen molar-refractivity contribution in [3.05, 3.63) is 35.4 Å². The molecule has 1 unspecified atom stereocenters. The summed E-state index contributed by atoms with van der Waals surface area (Å²) in [6, 6.07) is 7.92. The van der Waals surface area contributed by atoms with E-state index in [-0.39, 0.29) is 23.5 Å². The van der Waals surface area contributed by atoms with Crippen LogP contribution in [0.3, 0.4) is 0 Å². The summed E-state index contributed by atoms with van der Waals surface area (Å²) >= 11 is 0. The lowest BCUT2D eigenvalue weighted by molar-refractivity contribution is 0.0655. The van der Waals surface area contributed by atoms with Crippen LogP contribution in [0.1, 0.15) is 22.8 Å². The van der Waals surface area contributed by atoms with Gasteiger partial charge >= 0.3 is 0 Å². The summed E-state index contributed by atoms with van der Waals surface area (Å²) in [5.74, 6) is 0.528. The lowest BCUT2D eigenvalue weighted by Gasteiger charge is -2.34. The molecule has 0 aromatic heterocycles. The number of piperazine rings is 1. The lowest BCUT2D eigenvalue weighted by Crippen LogP contribution is -2.52. The molecule has 7 heteroatoms. The largest absolute Gasteiger partial charge is 0.333 e. The van der Waals surface area contributed by atoms with Crippen molar-refractivity contribution in [1.82, 2.24) is 15.1 Å². The van der Waals surface area contributed by atoms with Gasteiger partial charge < -0.3 is 10.2 Å². The van der Waals surface area contributed by atoms with Crippen molar-refractivity contribution in [2.24, 2.45) is 0 Å². The first-order valence-electron chi connectivity index (χ1n) is 8.48. The van der Waals surface area contributed by atoms with E-state index < -0.39 is 9.84 Å². The highest BCUT2D eigenvalue weighted by atomic mass is 32.2. The van der Waals surface area contributed by atoms with Crippen LogP contribution in [0.4, 0.5) is 0 Å². The van der Waals surface area contributed by atoms with Gasteiger partial charge in [-0.05, 0) is 24.6 Å². The van der Waals surface area contributed by atoms with E-state index in [0.717, 1.165) is 25.2 Å². The molecule has 0 aliphatic carbocycles. The van der Waals surface area contributed by atoms with E-state index in [0.29, 0.717) is 25.2 Å². The maximum Gasteiger partial charge on any atom is 0.254 e. The summed E-state index contributed by atoms with van der Waals surface area (Å²) in [6.45, 7) is 6.26. The Morgan fingerprint density at radius 1 is 1.25 bits per heavy atom. The molecule has 1 N–H and O–H groups in total. The molecular formula is C17H25N3O3S. The van der Waals surface area contributed by atoms with Gasteiger partial charge in [-0.3, -0.25) is 9.69 Å². The van der Waals surface area contributed by atoms with Crippen LogP contribution >= 0.6 is 0 Å². The van der Waals surface area contributed by atoms with E-state index in [1.807, 2.05) is 29.2 Å². The van der Waals surface area contributed by atoms with Crippen LogP contribution in [0, 0.1) is 0 Å². The molecule has 6 nitrogen and oxygen atoms in total. The van der Waals surface area contributed by atoms with Crippen LogP contribution in [0.2, 0.25) is 0 Å². The Hall–Kier alpha value is -1.44. The van der Waals surface area contributed by atoms with Gasteiger partial charge in [0.1, 0.15) is 0 Å². The van der Waals surface area contributed by atoms with Crippen molar-refractivity contribution in [2.75, 3.05) is 44.2 Å². The van der Waals surface area contributed by atoms with Gasteiger partial charge in [0.2, 0.25) is 0 Å².